The molecule has 0 spiro atoms. The van der Waals surface area contributed by atoms with Gasteiger partial charge < -0.3 is 50.1 Å². The van der Waals surface area contributed by atoms with Crippen LogP contribution in [0, 0.1) is 11.6 Å². The SMILES string of the molecule is CC(=O)c1nn(CC(=O)N(CC(=O)NCc2cccc(Cl)c2F)C2CC2)c2ccc(-c3ccc(N4CCN(C)CC4)nc3)cc12.CC(=O)c1nn(CC(=O)N(CC(=O)NCc2cccc(Cl)c2F)C2CC2)c2ccc(Br)cc12.CN1CCN(c2ccc(B(O)O)cn2)CC1.Cl. The molecular formula is C66H73BBrCl3F2N14O8. The van der Waals surface area contributed by atoms with E-state index in [1.165, 1.54) is 51.3 Å². The van der Waals surface area contributed by atoms with Gasteiger partial charge in [0.1, 0.15) is 47.7 Å². The van der Waals surface area contributed by atoms with Crippen molar-refractivity contribution in [3.05, 3.63) is 158 Å². The van der Waals surface area contributed by atoms with Crippen LogP contribution in [0.25, 0.3) is 32.9 Å². The summed E-state index contributed by atoms with van der Waals surface area (Å²) in [5.41, 5.74) is 4.64. The second-order valence-electron chi connectivity index (χ2n) is 23.8. The lowest BCUT2D eigenvalue weighted by Gasteiger charge is -2.33. The van der Waals surface area contributed by atoms with Crippen molar-refractivity contribution in [1.82, 2.24) is 59.8 Å². The van der Waals surface area contributed by atoms with Gasteiger partial charge in [-0.25, -0.2) is 18.7 Å². The Bertz CT molecular complexity index is 4090. The highest BCUT2D eigenvalue weighted by Crippen LogP contribution is 2.32. The van der Waals surface area contributed by atoms with Crippen molar-refractivity contribution in [2.45, 2.75) is 77.8 Å². The highest BCUT2D eigenvalue weighted by atomic mass is 79.9. The van der Waals surface area contributed by atoms with E-state index in [4.69, 9.17) is 38.2 Å². The van der Waals surface area contributed by atoms with Crippen molar-refractivity contribution in [1.29, 1.82) is 0 Å². The highest BCUT2D eigenvalue weighted by molar-refractivity contribution is 9.10. The van der Waals surface area contributed by atoms with Crippen LogP contribution in [0.5, 0.6) is 0 Å². The summed E-state index contributed by atoms with van der Waals surface area (Å²) in [6, 6.07) is 27.8. The van der Waals surface area contributed by atoms with Crippen molar-refractivity contribution in [2.24, 2.45) is 0 Å². The molecule has 2 aliphatic heterocycles. The van der Waals surface area contributed by atoms with Gasteiger partial charge in [-0.15, -0.1) is 12.4 Å². The fourth-order valence-electron chi connectivity index (χ4n) is 11.1. The zero-order valence-corrected chi connectivity index (χ0v) is 56.8. The number of nitrogens with zero attached hydrogens (tertiary/aromatic N) is 12. The van der Waals surface area contributed by atoms with E-state index in [2.05, 4.69) is 75.4 Å². The summed E-state index contributed by atoms with van der Waals surface area (Å²) in [5.74, 6) is -1.08. The molecule has 12 rings (SSSR count). The molecule has 0 unspecified atom stereocenters. The van der Waals surface area contributed by atoms with Gasteiger partial charge in [-0.1, -0.05) is 75.5 Å². The molecule has 6 heterocycles. The van der Waals surface area contributed by atoms with E-state index >= 15 is 0 Å². The number of likely N-dealkylation sites (N-methyl/N-ethyl adjacent to an activating group) is 2. The third-order valence-electron chi connectivity index (χ3n) is 16.8. The number of benzene rings is 4. The topological polar surface area (TPSA) is 248 Å². The normalized spacial score (nSPS) is 14.8. The van der Waals surface area contributed by atoms with Crippen LogP contribution in [0.15, 0.2) is 114 Å². The number of rotatable bonds is 20. The number of carbonyl (C=O) groups is 6. The van der Waals surface area contributed by atoms with Crippen LogP contribution < -0.4 is 25.9 Å². The number of hydrogen-bond acceptors (Lipinski definition) is 16. The molecule has 22 nitrogen and oxygen atoms in total. The van der Waals surface area contributed by atoms with E-state index in [-0.39, 0.29) is 114 Å². The van der Waals surface area contributed by atoms with Gasteiger partial charge in [0, 0.05) is 141 Å². The number of Topliss-reactive ketones (excluding diaryl/α,β-unsaturated/α-hetero) is 2. The maximum atomic E-state index is 14.2. The Balaban J connectivity index is 0.000000185. The average Bonchev–Trinajstić information content (AvgIpc) is 1.51. The summed E-state index contributed by atoms with van der Waals surface area (Å²) in [5, 5.41) is 33.4. The quantitative estimate of drug-likeness (QED) is 0.0436. The number of fused-ring (bicyclic) bond motifs is 2. The van der Waals surface area contributed by atoms with Gasteiger partial charge in [-0.3, -0.25) is 38.1 Å². The van der Waals surface area contributed by atoms with Crippen LogP contribution in [0.4, 0.5) is 20.4 Å². The monoisotopic (exact) mass is 1420 g/mol. The van der Waals surface area contributed by atoms with Gasteiger partial charge in [0.15, 0.2) is 11.6 Å². The molecule has 29 heteroatoms. The first kappa shape index (κ1) is 71.4. The van der Waals surface area contributed by atoms with Crippen LogP contribution in [-0.4, -0.2) is 193 Å². The number of ketones is 2. The van der Waals surface area contributed by atoms with Gasteiger partial charge in [-0.05, 0) is 106 Å². The number of hydrogen-bond donors (Lipinski definition) is 4. The van der Waals surface area contributed by atoms with Crippen molar-refractivity contribution in [2.75, 3.05) is 89.3 Å². The van der Waals surface area contributed by atoms with Crippen molar-refractivity contribution in [3.8, 4) is 11.1 Å². The minimum absolute atomic E-state index is 0. The van der Waals surface area contributed by atoms with E-state index in [9.17, 15) is 37.5 Å². The number of halogens is 6. The van der Waals surface area contributed by atoms with Gasteiger partial charge >= 0.3 is 7.12 Å². The summed E-state index contributed by atoms with van der Waals surface area (Å²) in [7, 11) is 2.79. The molecule has 95 heavy (non-hydrogen) atoms. The standard InChI is InChI=1S/C33H35ClFN7O3.C23H21BrClFN4O3.C10H16BN3O2.ClH/c1-21(43)33-26-16-22(23-7-11-29(36-17-23)40-14-12-39(2)13-15-40)6-10-28(26)42(38-33)20-31(45)41(25-8-9-25)19-30(44)37-18-24-4-3-5-27(34)32(24)35;1-13(31)23-17-9-15(24)5-8-19(17)30(28-23)12-21(33)29(16-6-7-16)11-20(32)27-10-14-3-2-4-18(25)22(14)26;1-13-4-6-14(7-5-13)10-3-2-9(8-12-10)11(15)16;/h3-7,10-11,16-17,25H,8-9,12-15,18-20H2,1-2H3,(H,37,44);2-5,8-9,16H,6-7,10-12H2,1H3,(H,27,32);2-3,8,15-16H,4-7H2,1H3;1H. The Labute approximate surface area is 573 Å². The Kier molecular flexibility index (Phi) is 24.2. The summed E-state index contributed by atoms with van der Waals surface area (Å²) >= 11 is 15.0. The molecule has 0 atom stereocenters. The first-order valence-corrected chi connectivity index (χ1v) is 32.5. The number of aromatic nitrogens is 6. The summed E-state index contributed by atoms with van der Waals surface area (Å²) in [4.78, 5) is 97.6. The lowest BCUT2D eigenvalue weighted by atomic mass is 9.82. The van der Waals surface area contributed by atoms with Crippen LogP contribution in [0.2, 0.25) is 10.0 Å². The van der Waals surface area contributed by atoms with E-state index in [1.807, 2.05) is 48.7 Å². The Morgan fingerprint density at radius 3 is 1.43 bits per heavy atom. The number of piperazine rings is 2. The van der Waals surface area contributed by atoms with Gasteiger partial charge in [0.2, 0.25) is 23.6 Å². The molecule has 4 N–H and O–H groups in total. The van der Waals surface area contributed by atoms with Gasteiger partial charge in [0.25, 0.3) is 0 Å². The molecule has 0 radical (unpaired) electrons. The molecule has 500 valence electrons. The number of carbonyl (C=O) groups excluding carboxylic acids is 6. The summed E-state index contributed by atoms with van der Waals surface area (Å²) < 4.78 is 32.1. The predicted octanol–water partition coefficient (Wildman–Crippen LogP) is 7.19. The second-order valence-corrected chi connectivity index (χ2v) is 25.5. The smallest absolute Gasteiger partial charge is 0.423 e. The molecule has 4 aromatic heterocycles. The molecular weight excluding hydrogens is 1350 g/mol. The van der Waals surface area contributed by atoms with Crippen molar-refractivity contribution >= 4 is 133 Å². The Hall–Kier alpha value is -7.95. The van der Waals surface area contributed by atoms with Gasteiger partial charge in [-0.2, -0.15) is 10.2 Å². The zero-order chi connectivity index (χ0) is 66.9. The van der Waals surface area contributed by atoms with Crippen molar-refractivity contribution < 1.29 is 47.6 Å². The van der Waals surface area contributed by atoms with Crippen LogP contribution >= 0.6 is 51.5 Å². The van der Waals surface area contributed by atoms with Crippen LogP contribution in [0.3, 0.4) is 0 Å². The highest BCUT2D eigenvalue weighted by Gasteiger charge is 2.36. The fraction of sp³-hybridized carbons (Fsp3) is 0.364. The number of nitrogens with one attached hydrogen (secondary N) is 2. The number of pyridine rings is 2. The first-order chi connectivity index (χ1) is 45.1. The largest absolute Gasteiger partial charge is 0.490 e. The van der Waals surface area contributed by atoms with E-state index < -0.39 is 30.6 Å². The van der Waals surface area contributed by atoms with E-state index in [1.54, 1.807) is 42.5 Å². The average molecular weight is 1430 g/mol. The maximum absolute atomic E-state index is 14.2. The minimum Gasteiger partial charge on any atom is -0.423 e. The Morgan fingerprint density at radius 2 is 1.02 bits per heavy atom. The lowest BCUT2D eigenvalue weighted by molar-refractivity contribution is -0.137. The fourth-order valence-corrected chi connectivity index (χ4v) is 11.8. The molecule has 2 saturated heterocycles. The molecule has 4 aliphatic rings. The Morgan fingerprint density at radius 1 is 0.589 bits per heavy atom. The molecule has 8 aromatic rings. The minimum atomic E-state index is -1.44. The van der Waals surface area contributed by atoms with Gasteiger partial charge in [0.05, 0.1) is 34.2 Å². The molecule has 2 saturated carbocycles. The number of amides is 4. The molecule has 4 fully saturated rings. The van der Waals surface area contributed by atoms with E-state index in [0.29, 0.717) is 33.0 Å². The third-order valence-corrected chi connectivity index (χ3v) is 17.8. The molecule has 0 bridgehead atoms. The molecule has 4 aromatic carbocycles. The van der Waals surface area contributed by atoms with E-state index in [0.717, 1.165) is 105 Å². The van der Waals surface area contributed by atoms with Crippen LogP contribution in [0.1, 0.15) is 71.6 Å². The van der Waals surface area contributed by atoms with Crippen molar-refractivity contribution in [3.63, 3.8) is 0 Å². The third kappa shape index (κ3) is 18.3. The zero-order valence-electron chi connectivity index (χ0n) is 52.9. The molecule has 4 amide bonds. The second kappa shape index (κ2) is 32.2. The van der Waals surface area contributed by atoms with Crippen LogP contribution in [-0.2, 0) is 45.4 Å². The molecule has 2 aliphatic carbocycles. The first-order valence-electron chi connectivity index (χ1n) is 30.9. The summed E-state index contributed by atoms with van der Waals surface area (Å²) in [6.45, 7) is 10.1. The number of anilines is 2. The summed E-state index contributed by atoms with van der Waals surface area (Å²) in [6.07, 6.45) is 6.58. The lowest BCUT2D eigenvalue weighted by Crippen LogP contribution is -2.45. The maximum Gasteiger partial charge on any atom is 0.490 e. The predicted molar refractivity (Wildman–Crippen MR) is 367 cm³/mol.